The fourth-order valence-corrected chi connectivity index (χ4v) is 1.97. The highest BCUT2D eigenvalue weighted by Gasteiger charge is 2.61. The molecule has 0 N–H and O–H groups in total. The van der Waals surface area contributed by atoms with Crippen LogP contribution in [0.4, 0.5) is 43.9 Å². The molecule has 0 saturated carbocycles. The minimum absolute atomic E-state index is 0.0840. The first-order valence-electron chi connectivity index (χ1n) is 7.64. The highest BCUT2D eigenvalue weighted by atomic mass is 19.3. The van der Waals surface area contributed by atoms with E-state index in [0.717, 1.165) is 0 Å². The number of benzene rings is 2. The van der Waals surface area contributed by atoms with Gasteiger partial charge in [0.1, 0.15) is 0 Å². The number of hydrogen-bond donors (Lipinski definition) is 0. The average Bonchev–Trinajstić information content (AvgIpc) is 2.68. The van der Waals surface area contributed by atoms with Gasteiger partial charge in [0.25, 0.3) is 0 Å². The molecule has 0 unspecified atom stereocenters. The predicted molar refractivity (Wildman–Crippen MR) is 78.4 cm³/mol. The molecular formula is C17H4F10O5. The van der Waals surface area contributed by atoms with Gasteiger partial charge in [0.05, 0.1) is 11.1 Å². The lowest BCUT2D eigenvalue weighted by molar-refractivity contribution is -0.256. The molecule has 0 radical (unpaired) electrons. The molecule has 0 aromatic heterocycles. The van der Waals surface area contributed by atoms with E-state index in [0.29, 0.717) is 0 Å². The molecule has 0 amide bonds. The number of halogens is 10. The van der Waals surface area contributed by atoms with Gasteiger partial charge in [-0.25, -0.2) is 35.9 Å². The van der Waals surface area contributed by atoms with Crippen molar-refractivity contribution >= 4 is 17.7 Å². The van der Waals surface area contributed by atoms with E-state index in [4.69, 9.17) is 0 Å². The number of Topliss-reactive ketones (excluding diaryl/α,β-unsaturated/α-hetero) is 1. The number of alkyl halides is 4. The van der Waals surface area contributed by atoms with E-state index in [2.05, 4.69) is 9.47 Å². The molecule has 2 rings (SSSR count). The molecule has 172 valence electrons. The van der Waals surface area contributed by atoms with E-state index in [1.807, 2.05) is 0 Å². The highest BCUT2D eigenvalue weighted by Crippen LogP contribution is 2.31. The van der Waals surface area contributed by atoms with Gasteiger partial charge in [0.2, 0.25) is 0 Å². The second-order valence-corrected chi connectivity index (χ2v) is 5.59. The number of rotatable bonds is 6. The smallest absolute Gasteiger partial charge is 0.391 e. The zero-order valence-corrected chi connectivity index (χ0v) is 14.6. The highest BCUT2D eigenvalue weighted by molar-refractivity contribution is 5.98. The second kappa shape index (κ2) is 8.47. The lowest BCUT2D eigenvalue weighted by Gasteiger charge is -2.21. The molecule has 32 heavy (non-hydrogen) atoms. The van der Waals surface area contributed by atoms with Crippen molar-refractivity contribution in [3.05, 3.63) is 70.3 Å². The summed E-state index contributed by atoms with van der Waals surface area (Å²) in [6.07, 6.45) is -11.7. The summed E-state index contributed by atoms with van der Waals surface area (Å²) in [4.78, 5) is 34.3. The zero-order chi connectivity index (χ0) is 24.6. The molecule has 15 heteroatoms. The van der Waals surface area contributed by atoms with E-state index in [1.54, 1.807) is 0 Å². The van der Waals surface area contributed by atoms with Crippen LogP contribution in [0.1, 0.15) is 20.7 Å². The molecule has 0 aliphatic rings. The Labute approximate surface area is 169 Å². The summed E-state index contributed by atoms with van der Waals surface area (Å²) in [5.41, 5.74) is -3.44. The monoisotopic (exact) mass is 478 g/mol. The van der Waals surface area contributed by atoms with Crippen molar-refractivity contribution in [3.8, 4) is 0 Å². The molecule has 0 fully saturated rings. The number of esters is 2. The van der Waals surface area contributed by atoms with E-state index in [1.165, 1.54) is 0 Å². The standard InChI is InChI=1S/C17H4F10O5/c18-7-3-1-5(9(20)11(7)22)13(28)31-16(24,25)15(30)17(26,27)32-14(29)6-2-4-8(19)12(23)10(6)21/h1-4H. The van der Waals surface area contributed by atoms with Crippen LogP contribution in [0.2, 0.25) is 0 Å². The SMILES string of the molecule is O=C(OC(F)(F)C(=O)C(F)(F)OC(=O)c1ccc(F)c(F)c1F)c1ccc(F)c(F)c1F. The maximum atomic E-state index is 13.7. The summed E-state index contributed by atoms with van der Waals surface area (Å²) in [5, 5.41) is 0. The van der Waals surface area contributed by atoms with Crippen LogP contribution in [0.25, 0.3) is 0 Å². The summed E-state index contributed by atoms with van der Waals surface area (Å²) in [5.74, 6) is -22.0. The van der Waals surface area contributed by atoms with Crippen LogP contribution in [0.3, 0.4) is 0 Å². The van der Waals surface area contributed by atoms with E-state index >= 15 is 0 Å². The van der Waals surface area contributed by atoms with Crippen molar-refractivity contribution in [2.75, 3.05) is 0 Å². The van der Waals surface area contributed by atoms with Crippen LogP contribution >= 0.6 is 0 Å². The summed E-state index contributed by atoms with van der Waals surface area (Å²) in [6, 6.07) is 0.338. The van der Waals surface area contributed by atoms with Crippen LogP contribution in [0.5, 0.6) is 0 Å². The number of hydrogen-bond acceptors (Lipinski definition) is 5. The lowest BCUT2D eigenvalue weighted by Crippen LogP contribution is -2.48. The van der Waals surface area contributed by atoms with Gasteiger partial charge in [-0.3, -0.25) is 4.79 Å². The molecule has 0 spiro atoms. The first-order valence-corrected chi connectivity index (χ1v) is 7.64. The van der Waals surface area contributed by atoms with Gasteiger partial charge in [-0.15, -0.1) is 0 Å². The Hall–Kier alpha value is -3.65. The molecule has 0 atom stereocenters. The van der Waals surface area contributed by atoms with E-state index < -0.39 is 76.0 Å². The largest absolute Gasteiger partial charge is 0.474 e. The Balaban J connectivity index is 2.24. The quantitative estimate of drug-likeness (QED) is 0.352. The van der Waals surface area contributed by atoms with Gasteiger partial charge < -0.3 is 9.47 Å². The zero-order valence-electron chi connectivity index (χ0n) is 14.6. The maximum absolute atomic E-state index is 13.7. The van der Waals surface area contributed by atoms with Crippen molar-refractivity contribution in [1.29, 1.82) is 0 Å². The number of ketones is 1. The van der Waals surface area contributed by atoms with Crippen molar-refractivity contribution in [1.82, 2.24) is 0 Å². The van der Waals surface area contributed by atoms with Gasteiger partial charge >= 0.3 is 29.9 Å². The summed E-state index contributed by atoms with van der Waals surface area (Å²) < 4.78 is 139. The first kappa shape index (κ1) is 24.6. The van der Waals surface area contributed by atoms with E-state index in [-0.39, 0.29) is 24.3 Å². The topological polar surface area (TPSA) is 69.7 Å². The van der Waals surface area contributed by atoms with Gasteiger partial charge in [0, 0.05) is 0 Å². The van der Waals surface area contributed by atoms with Gasteiger partial charge in [0.15, 0.2) is 34.9 Å². The third-order valence-electron chi connectivity index (χ3n) is 3.48. The molecule has 2 aromatic rings. The number of carbonyl (C=O) groups is 3. The molecule has 5 nitrogen and oxygen atoms in total. The van der Waals surface area contributed by atoms with Gasteiger partial charge in [-0.2, -0.15) is 17.6 Å². The lowest BCUT2D eigenvalue weighted by atomic mass is 10.2. The van der Waals surface area contributed by atoms with Gasteiger partial charge in [-0.1, -0.05) is 0 Å². The predicted octanol–water partition coefficient (Wildman–Crippen LogP) is 4.29. The molecule has 0 aliphatic heterocycles. The Morgan fingerprint density at radius 1 is 0.562 bits per heavy atom. The van der Waals surface area contributed by atoms with Gasteiger partial charge in [-0.05, 0) is 24.3 Å². The first-order chi connectivity index (χ1) is 14.6. The Morgan fingerprint density at radius 2 is 0.875 bits per heavy atom. The van der Waals surface area contributed by atoms with Crippen LogP contribution in [0, 0.1) is 34.9 Å². The van der Waals surface area contributed by atoms with Crippen LogP contribution in [-0.4, -0.2) is 29.9 Å². The normalized spacial score (nSPS) is 11.8. The molecule has 0 bridgehead atoms. The summed E-state index contributed by atoms with van der Waals surface area (Å²) >= 11 is 0. The third kappa shape index (κ3) is 4.65. The minimum atomic E-state index is -5.86. The number of carbonyl (C=O) groups excluding carboxylic acids is 3. The molecule has 0 heterocycles. The Kier molecular flexibility index (Phi) is 6.52. The number of ether oxygens (including phenoxy) is 2. The minimum Gasteiger partial charge on any atom is -0.391 e. The molecule has 0 aliphatic carbocycles. The Morgan fingerprint density at radius 3 is 1.19 bits per heavy atom. The van der Waals surface area contributed by atoms with Crippen molar-refractivity contribution < 1.29 is 67.8 Å². The van der Waals surface area contributed by atoms with Crippen molar-refractivity contribution in [2.24, 2.45) is 0 Å². The molecular weight excluding hydrogens is 474 g/mol. The van der Waals surface area contributed by atoms with Crippen LogP contribution in [-0.2, 0) is 14.3 Å². The third-order valence-corrected chi connectivity index (χ3v) is 3.48. The molecule has 0 saturated heterocycles. The van der Waals surface area contributed by atoms with Crippen LogP contribution in [0.15, 0.2) is 24.3 Å². The van der Waals surface area contributed by atoms with Crippen LogP contribution < -0.4 is 0 Å². The fourth-order valence-electron chi connectivity index (χ4n) is 1.97. The fraction of sp³-hybridized carbons (Fsp3) is 0.118. The molecule has 2 aromatic carbocycles. The van der Waals surface area contributed by atoms with E-state index in [9.17, 15) is 58.3 Å². The summed E-state index contributed by atoms with van der Waals surface area (Å²) in [6.45, 7) is 0. The maximum Gasteiger partial charge on any atom is 0.474 e. The Bertz CT molecular complexity index is 1030. The second-order valence-electron chi connectivity index (χ2n) is 5.59. The van der Waals surface area contributed by atoms with Crippen molar-refractivity contribution in [3.63, 3.8) is 0 Å². The average molecular weight is 478 g/mol. The van der Waals surface area contributed by atoms with Crippen molar-refractivity contribution in [2.45, 2.75) is 12.2 Å². The summed E-state index contributed by atoms with van der Waals surface area (Å²) in [7, 11) is 0.